The molecule has 0 unspecified atom stereocenters. The Morgan fingerprint density at radius 2 is 1.32 bits per heavy atom. The van der Waals surface area contributed by atoms with E-state index in [9.17, 15) is 41.4 Å². The molecule has 0 saturated heterocycles. The van der Waals surface area contributed by atoms with Gasteiger partial charge in [-0.3, -0.25) is 0 Å². The van der Waals surface area contributed by atoms with E-state index in [1.165, 1.54) is 31.2 Å². The molecule has 0 radical (unpaired) electrons. The van der Waals surface area contributed by atoms with Crippen molar-refractivity contribution < 1.29 is 50.8 Å². The number of alkyl halides is 6. The summed E-state index contributed by atoms with van der Waals surface area (Å²) >= 11 is 0. The highest BCUT2D eigenvalue weighted by atomic mass is 19.4. The molecule has 13 heteroatoms. The molecule has 0 spiro atoms. The van der Waals surface area contributed by atoms with Crippen LogP contribution >= 0.6 is 0 Å². The first-order chi connectivity index (χ1) is 18.7. The van der Waals surface area contributed by atoms with Crippen molar-refractivity contribution in [3.8, 4) is 11.5 Å². The summed E-state index contributed by atoms with van der Waals surface area (Å²) < 4.78 is 86.4. The fraction of sp³-hybridized carbons (Fsp3) is 0.296. The Morgan fingerprint density at radius 1 is 0.825 bits per heavy atom. The number of carbonyl (C=O) groups is 1. The van der Waals surface area contributed by atoms with E-state index < -0.39 is 54.5 Å². The lowest BCUT2D eigenvalue weighted by Gasteiger charge is -2.37. The van der Waals surface area contributed by atoms with Gasteiger partial charge in [-0.25, -0.2) is 4.79 Å². The second-order valence-electron chi connectivity index (χ2n) is 8.85. The highest BCUT2D eigenvalue weighted by Crippen LogP contribution is 2.38. The summed E-state index contributed by atoms with van der Waals surface area (Å²) in [6.45, 7) is 0.662. The second kappa shape index (κ2) is 12.5. The highest BCUT2D eigenvalue weighted by molar-refractivity contribution is 5.76. The second-order valence-corrected chi connectivity index (χ2v) is 8.85. The standard InChI is InChI=1S/C27H26F6N2O5/c1-17(37)23(16-36)34-24(38)35-25(15-18-7-3-2-4-8-18,19-9-5-11-21(13-19)39-26(28,29)30)20-10-6-12-22(14-20)40-27(31,32)33/h2-14,17,23,36-37H,15-16H2,1H3,(H2,34,35,38)/t17-,23-/m0/s1. The van der Waals surface area contributed by atoms with Crippen molar-refractivity contribution in [2.24, 2.45) is 0 Å². The lowest BCUT2D eigenvalue weighted by atomic mass is 9.77. The van der Waals surface area contributed by atoms with Gasteiger partial charge in [0.1, 0.15) is 11.5 Å². The van der Waals surface area contributed by atoms with Crippen LogP contribution in [0.15, 0.2) is 78.9 Å². The minimum atomic E-state index is -5.04. The number of halogens is 6. The van der Waals surface area contributed by atoms with Crippen molar-refractivity contribution in [3.63, 3.8) is 0 Å². The molecule has 0 saturated carbocycles. The first-order valence-electron chi connectivity index (χ1n) is 11.8. The van der Waals surface area contributed by atoms with E-state index in [2.05, 4.69) is 20.1 Å². The zero-order valence-corrected chi connectivity index (χ0v) is 21.0. The van der Waals surface area contributed by atoms with Crippen LogP contribution in [-0.4, -0.2) is 47.7 Å². The summed E-state index contributed by atoms with van der Waals surface area (Å²) in [5.74, 6) is -1.27. The Kier molecular flexibility index (Phi) is 9.53. The third kappa shape index (κ3) is 8.52. The van der Waals surface area contributed by atoms with Gasteiger partial charge in [-0.05, 0) is 47.9 Å². The number of benzene rings is 3. The molecule has 0 aliphatic rings. The molecule has 216 valence electrons. The molecule has 3 rings (SSSR count). The van der Waals surface area contributed by atoms with Gasteiger partial charge in [-0.15, -0.1) is 26.3 Å². The summed E-state index contributed by atoms with van der Waals surface area (Å²) in [5, 5.41) is 24.5. The number of aliphatic hydroxyl groups is 2. The molecule has 0 aliphatic carbocycles. The SMILES string of the molecule is C[C@H](O)[C@H](CO)NC(=O)NC(Cc1ccccc1)(c1cccc(OC(F)(F)F)c1)c1cccc(OC(F)(F)F)c1. The molecule has 0 heterocycles. The molecule has 0 bridgehead atoms. The monoisotopic (exact) mass is 572 g/mol. The van der Waals surface area contributed by atoms with E-state index in [1.54, 1.807) is 30.3 Å². The van der Waals surface area contributed by atoms with Crippen molar-refractivity contribution in [1.82, 2.24) is 10.6 Å². The maximum Gasteiger partial charge on any atom is 0.573 e. The first-order valence-corrected chi connectivity index (χ1v) is 11.8. The lowest BCUT2D eigenvalue weighted by molar-refractivity contribution is -0.275. The van der Waals surface area contributed by atoms with Crippen LogP contribution in [0.5, 0.6) is 11.5 Å². The maximum absolute atomic E-state index is 13.2. The highest BCUT2D eigenvalue weighted by Gasteiger charge is 2.39. The fourth-order valence-corrected chi connectivity index (χ4v) is 4.10. The van der Waals surface area contributed by atoms with Gasteiger partial charge >= 0.3 is 18.8 Å². The Bertz CT molecular complexity index is 1210. The molecule has 0 aromatic heterocycles. The summed E-state index contributed by atoms with van der Waals surface area (Å²) in [6.07, 6.45) is -11.4. The molecule has 0 aliphatic heterocycles. The molecule has 3 aromatic carbocycles. The van der Waals surface area contributed by atoms with Gasteiger partial charge in [0.2, 0.25) is 0 Å². The molecule has 2 atom stereocenters. The zero-order chi connectivity index (χ0) is 29.6. The Labute approximate surface area is 225 Å². The van der Waals surface area contributed by atoms with E-state index in [-0.39, 0.29) is 17.5 Å². The molecular weight excluding hydrogens is 546 g/mol. The third-order valence-electron chi connectivity index (χ3n) is 5.86. The lowest BCUT2D eigenvalue weighted by Crippen LogP contribution is -2.56. The van der Waals surface area contributed by atoms with Crippen molar-refractivity contribution in [2.75, 3.05) is 6.61 Å². The number of amides is 2. The number of aliphatic hydroxyl groups excluding tert-OH is 2. The van der Waals surface area contributed by atoms with Crippen LogP contribution in [0.2, 0.25) is 0 Å². The number of nitrogens with one attached hydrogen (secondary N) is 2. The van der Waals surface area contributed by atoms with Crippen molar-refractivity contribution >= 4 is 6.03 Å². The number of urea groups is 1. The van der Waals surface area contributed by atoms with Crippen LogP contribution in [0.3, 0.4) is 0 Å². The smallest absolute Gasteiger partial charge is 0.406 e. The van der Waals surface area contributed by atoms with Crippen LogP contribution < -0.4 is 20.1 Å². The normalized spacial score (nSPS) is 13.7. The average Bonchev–Trinajstić information content (AvgIpc) is 2.85. The number of rotatable bonds is 10. The van der Waals surface area contributed by atoms with Crippen molar-refractivity contribution in [2.45, 2.75) is 43.8 Å². The Morgan fingerprint density at radius 3 is 1.75 bits per heavy atom. The number of hydrogen-bond acceptors (Lipinski definition) is 5. The van der Waals surface area contributed by atoms with E-state index >= 15 is 0 Å². The molecular formula is C27H26F6N2O5. The summed E-state index contributed by atoms with van der Waals surface area (Å²) in [5.41, 5.74) is -1.20. The fourth-order valence-electron chi connectivity index (χ4n) is 4.10. The quantitative estimate of drug-likeness (QED) is 0.256. The van der Waals surface area contributed by atoms with Gasteiger partial charge in [0.25, 0.3) is 0 Å². The molecule has 0 fully saturated rings. The average molecular weight is 573 g/mol. The van der Waals surface area contributed by atoms with Gasteiger partial charge in [0, 0.05) is 6.42 Å². The number of ether oxygens (including phenoxy) is 2. The van der Waals surface area contributed by atoms with Crippen LogP contribution in [0.1, 0.15) is 23.6 Å². The largest absolute Gasteiger partial charge is 0.573 e. The Hall–Kier alpha value is -3.97. The molecule has 2 amide bonds. The van der Waals surface area contributed by atoms with Gasteiger partial charge in [0.05, 0.1) is 24.3 Å². The minimum Gasteiger partial charge on any atom is -0.406 e. The van der Waals surface area contributed by atoms with Gasteiger partial charge in [-0.1, -0.05) is 54.6 Å². The van der Waals surface area contributed by atoms with Crippen LogP contribution in [-0.2, 0) is 12.0 Å². The predicted molar refractivity (Wildman–Crippen MR) is 131 cm³/mol. The molecule has 7 nitrogen and oxygen atoms in total. The van der Waals surface area contributed by atoms with E-state index in [0.29, 0.717) is 5.56 Å². The first kappa shape index (κ1) is 30.6. The van der Waals surface area contributed by atoms with Crippen molar-refractivity contribution in [1.29, 1.82) is 0 Å². The van der Waals surface area contributed by atoms with E-state index in [0.717, 1.165) is 24.3 Å². The van der Waals surface area contributed by atoms with E-state index in [4.69, 9.17) is 0 Å². The molecule has 3 aromatic rings. The van der Waals surface area contributed by atoms with Gasteiger partial charge in [0.15, 0.2) is 0 Å². The van der Waals surface area contributed by atoms with E-state index in [1.807, 2.05) is 0 Å². The number of hydrogen-bond donors (Lipinski definition) is 4. The minimum absolute atomic E-state index is 0.0232. The third-order valence-corrected chi connectivity index (χ3v) is 5.86. The Balaban J connectivity index is 2.24. The zero-order valence-electron chi connectivity index (χ0n) is 21.0. The number of carbonyl (C=O) groups excluding carboxylic acids is 1. The summed E-state index contributed by atoms with van der Waals surface area (Å²) in [7, 11) is 0. The van der Waals surface area contributed by atoms with Gasteiger partial charge in [-0.2, -0.15) is 0 Å². The van der Waals surface area contributed by atoms with Crippen LogP contribution in [0.4, 0.5) is 31.1 Å². The molecule has 40 heavy (non-hydrogen) atoms. The van der Waals surface area contributed by atoms with Crippen LogP contribution in [0.25, 0.3) is 0 Å². The molecule has 4 N–H and O–H groups in total. The predicted octanol–water partition coefficient (Wildman–Crippen LogP) is 5.01. The van der Waals surface area contributed by atoms with Gasteiger partial charge < -0.3 is 30.3 Å². The summed E-state index contributed by atoms with van der Waals surface area (Å²) in [6, 6.07) is 15.6. The summed E-state index contributed by atoms with van der Waals surface area (Å²) in [4.78, 5) is 13.2. The van der Waals surface area contributed by atoms with Crippen LogP contribution in [0, 0.1) is 0 Å². The van der Waals surface area contributed by atoms with Crippen molar-refractivity contribution in [3.05, 3.63) is 95.6 Å². The topological polar surface area (TPSA) is 100 Å². The maximum atomic E-state index is 13.2.